The SMILES string of the molecule is CCC(C)Cn1ccc2c(C=O)cccc21. The Kier molecular flexibility index (Phi) is 3.09. The van der Waals surface area contributed by atoms with Crippen molar-refractivity contribution >= 4 is 17.2 Å². The summed E-state index contributed by atoms with van der Waals surface area (Å²) in [5.41, 5.74) is 1.94. The number of carbonyl (C=O) groups excluding carboxylic acids is 1. The summed E-state index contributed by atoms with van der Waals surface area (Å²) in [4.78, 5) is 10.9. The standard InChI is InChI=1S/C14H17NO/c1-3-11(2)9-15-8-7-13-12(10-16)5-4-6-14(13)15/h4-8,10-11H,3,9H2,1-2H3. The van der Waals surface area contributed by atoms with Crippen molar-refractivity contribution < 1.29 is 4.79 Å². The molecular formula is C14H17NO. The van der Waals surface area contributed by atoms with Crippen LogP contribution in [-0.4, -0.2) is 10.9 Å². The van der Waals surface area contributed by atoms with Gasteiger partial charge in [-0.25, -0.2) is 0 Å². The van der Waals surface area contributed by atoms with E-state index in [9.17, 15) is 4.79 Å². The van der Waals surface area contributed by atoms with Gasteiger partial charge in [0.2, 0.25) is 0 Å². The maximum atomic E-state index is 10.9. The molecule has 2 rings (SSSR count). The molecule has 1 unspecified atom stereocenters. The van der Waals surface area contributed by atoms with Gasteiger partial charge in [-0.1, -0.05) is 32.4 Å². The maximum absolute atomic E-state index is 10.9. The van der Waals surface area contributed by atoms with Crippen molar-refractivity contribution in [1.29, 1.82) is 0 Å². The van der Waals surface area contributed by atoms with E-state index in [1.807, 2.05) is 18.2 Å². The lowest BCUT2D eigenvalue weighted by molar-refractivity contribution is 0.112. The highest BCUT2D eigenvalue weighted by Gasteiger charge is 2.06. The second kappa shape index (κ2) is 4.52. The van der Waals surface area contributed by atoms with Crippen LogP contribution in [0.15, 0.2) is 30.5 Å². The molecule has 84 valence electrons. The molecule has 0 aliphatic carbocycles. The summed E-state index contributed by atoms with van der Waals surface area (Å²) >= 11 is 0. The Morgan fingerprint density at radius 3 is 2.88 bits per heavy atom. The smallest absolute Gasteiger partial charge is 0.150 e. The highest BCUT2D eigenvalue weighted by molar-refractivity contribution is 5.97. The van der Waals surface area contributed by atoms with Crippen LogP contribution in [0.25, 0.3) is 10.9 Å². The zero-order chi connectivity index (χ0) is 11.5. The molecular weight excluding hydrogens is 198 g/mol. The molecule has 0 amide bonds. The quantitative estimate of drug-likeness (QED) is 0.715. The lowest BCUT2D eigenvalue weighted by atomic mass is 10.1. The van der Waals surface area contributed by atoms with Crippen LogP contribution in [0.1, 0.15) is 30.6 Å². The predicted octanol–water partition coefficient (Wildman–Crippen LogP) is 3.50. The molecule has 1 aromatic carbocycles. The molecule has 0 radical (unpaired) electrons. The summed E-state index contributed by atoms with van der Waals surface area (Å²) in [6.07, 6.45) is 4.17. The van der Waals surface area contributed by atoms with Crippen LogP contribution >= 0.6 is 0 Å². The van der Waals surface area contributed by atoms with E-state index in [2.05, 4.69) is 30.7 Å². The van der Waals surface area contributed by atoms with Crippen molar-refractivity contribution in [1.82, 2.24) is 4.57 Å². The minimum Gasteiger partial charge on any atom is -0.347 e. The maximum Gasteiger partial charge on any atom is 0.150 e. The van der Waals surface area contributed by atoms with Gasteiger partial charge in [0.25, 0.3) is 0 Å². The van der Waals surface area contributed by atoms with E-state index in [0.29, 0.717) is 5.92 Å². The number of hydrogen-bond acceptors (Lipinski definition) is 1. The van der Waals surface area contributed by atoms with Gasteiger partial charge in [-0.05, 0) is 18.1 Å². The Balaban J connectivity index is 2.45. The molecule has 0 N–H and O–H groups in total. The van der Waals surface area contributed by atoms with Crippen LogP contribution in [0.2, 0.25) is 0 Å². The molecule has 0 aliphatic rings. The zero-order valence-electron chi connectivity index (χ0n) is 9.81. The third-order valence-corrected chi connectivity index (χ3v) is 3.18. The van der Waals surface area contributed by atoms with E-state index in [1.165, 1.54) is 6.42 Å². The number of aromatic nitrogens is 1. The monoisotopic (exact) mass is 215 g/mol. The Labute approximate surface area is 95.9 Å². The number of benzene rings is 1. The number of fused-ring (bicyclic) bond motifs is 1. The first-order valence-electron chi connectivity index (χ1n) is 5.79. The first-order valence-corrected chi connectivity index (χ1v) is 5.79. The molecule has 0 fully saturated rings. The predicted molar refractivity (Wildman–Crippen MR) is 66.8 cm³/mol. The van der Waals surface area contributed by atoms with Gasteiger partial charge in [0.05, 0.1) is 0 Å². The third kappa shape index (κ3) is 1.87. The summed E-state index contributed by atoms with van der Waals surface area (Å²) in [5.74, 6) is 0.662. The van der Waals surface area contributed by atoms with E-state index in [1.54, 1.807) is 0 Å². The molecule has 0 bridgehead atoms. The lowest BCUT2D eigenvalue weighted by Crippen LogP contribution is -2.05. The fraction of sp³-hybridized carbons (Fsp3) is 0.357. The first kappa shape index (κ1) is 10.9. The van der Waals surface area contributed by atoms with E-state index in [-0.39, 0.29) is 0 Å². The molecule has 2 nitrogen and oxygen atoms in total. The third-order valence-electron chi connectivity index (χ3n) is 3.18. The molecule has 0 saturated heterocycles. The van der Waals surface area contributed by atoms with Gasteiger partial charge in [-0.15, -0.1) is 0 Å². The number of rotatable bonds is 4. The summed E-state index contributed by atoms with van der Waals surface area (Å²) in [7, 11) is 0. The second-order valence-electron chi connectivity index (χ2n) is 4.38. The zero-order valence-corrected chi connectivity index (χ0v) is 9.81. The molecule has 0 saturated carbocycles. The summed E-state index contributed by atoms with van der Waals surface area (Å²) in [6.45, 7) is 5.46. The Hall–Kier alpha value is -1.57. The number of nitrogens with zero attached hydrogens (tertiary/aromatic N) is 1. The van der Waals surface area contributed by atoms with Crippen molar-refractivity contribution in [3.8, 4) is 0 Å². The summed E-state index contributed by atoms with van der Waals surface area (Å²) in [6, 6.07) is 7.91. The van der Waals surface area contributed by atoms with E-state index in [0.717, 1.165) is 29.3 Å². The number of carbonyl (C=O) groups is 1. The van der Waals surface area contributed by atoms with Gasteiger partial charge in [-0.2, -0.15) is 0 Å². The molecule has 16 heavy (non-hydrogen) atoms. The van der Waals surface area contributed by atoms with Gasteiger partial charge in [0, 0.05) is 29.2 Å². The van der Waals surface area contributed by atoms with Gasteiger partial charge < -0.3 is 4.57 Å². The van der Waals surface area contributed by atoms with Gasteiger partial charge >= 0.3 is 0 Å². The van der Waals surface area contributed by atoms with Crippen LogP contribution < -0.4 is 0 Å². The minimum atomic E-state index is 0.662. The van der Waals surface area contributed by atoms with Crippen LogP contribution in [-0.2, 0) is 6.54 Å². The van der Waals surface area contributed by atoms with Crippen LogP contribution in [0.4, 0.5) is 0 Å². The fourth-order valence-electron chi connectivity index (χ4n) is 1.97. The number of hydrogen-bond donors (Lipinski definition) is 0. The molecule has 1 atom stereocenters. The van der Waals surface area contributed by atoms with Gasteiger partial charge in [0.1, 0.15) is 0 Å². The van der Waals surface area contributed by atoms with Crippen molar-refractivity contribution in [2.24, 2.45) is 5.92 Å². The van der Waals surface area contributed by atoms with Crippen molar-refractivity contribution in [3.05, 3.63) is 36.0 Å². The molecule has 0 aliphatic heterocycles. The molecule has 0 spiro atoms. The van der Waals surface area contributed by atoms with Gasteiger partial charge in [0.15, 0.2) is 6.29 Å². The van der Waals surface area contributed by atoms with E-state index >= 15 is 0 Å². The molecule has 1 aromatic heterocycles. The second-order valence-corrected chi connectivity index (χ2v) is 4.38. The van der Waals surface area contributed by atoms with Gasteiger partial charge in [-0.3, -0.25) is 4.79 Å². The Morgan fingerprint density at radius 2 is 2.19 bits per heavy atom. The molecule has 1 heterocycles. The highest BCUT2D eigenvalue weighted by Crippen LogP contribution is 2.20. The summed E-state index contributed by atoms with van der Waals surface area (Å²) < 4.78 is 2.23. The Morgan fingerprint density at radius 1 is 1.38 bits per heavy atom. The largest absolute Gasteiger partial charge is 0.347 e. The average molecular weight is 215 g/mol. The lowest BCUT2D eigenvalue weighted by Gasteiger charge is -2.11. The fourth-order valence-corrected chi connectivity index (χ4v) is 1.97. The first-order chi connectivity index (χ1) is 7.76. The van der Waals surface area contributed by atoms with Crippen molar-refractivity contribution in [2.45, 2.75) is 26.8 Å². The highest BCUT2D eigenvalue weighted by atomic mass is 16.1. The van der Waals surface area contributed by atoms with Crippen LogP contribution in [0, 0.1) is 5.92 Å². The van der Waals surface area contributed by atoms with Crippen LogP contribution in [0.3, 0.4) is 0 Å². The Bertz CT molecular complexity index is 498. The van der Waals surface area contributed by atoms with Crippen LogP contribution in [0.5, 0.6) is 0 Å². The van der Waals surface area contributed by atoms with E-state index in [4.69, 9.17) is 0 Å². The topological polar surface area (TPSA) is 22.0 Å². The average Bonchev–Trinajstić information content (AvgIpc) is 2.72. The van der Waals surface area contributed by atoms with Crippen molar-refractivity contribution in [3.63, 3.8) is 0 Å². The van der Waals surface area contributed by atoms with E-state index < -0.39 is 0 Å². The number of aldehydes is 1. The normalized spacial score (nSPS) is 12.9. The molecule has 2 heteroatoms. The minimum absolute atomic E-state index is 0.662. The summed E-state index contributed by atoms with van der Waals surface area (Å²) in [5, 5.41) is 1.06. The molecule has 2 aromatic rings. The van der Waals surface area contributed by atoms with Crippen molar-refractivity contribution in [2.75, 3.05) is 0 Å².